The van der Waals surface area contributed by atoms with E-state index in [1.165, 1.54) is 18.2 Å². The summed E-state index contributed by atoms with van der Waals surface area (Å²) in [5.41, 5.74) is 0.452. The first-order valence-corrected chi connectivity index (χ1v) is 13.4. The number of hydrogen-bond donors (Lipinski definition) is 1. The number of fused-ring (bicyclic) bond motifs is 1. The summed E-state index contributed by atoms with van der Waals surface area (Å²) in [6.45, 7) is 3.30. The maximum absolute atomic E-state index is 13.5. The Bertz CT molecular complexity index is 1630. The molecule has 194 valence electrons. The van der Waals surface area contributed by atoms with Crippen LogP contribution in [0, 0.1) is 6.92 Å². The molecular formula is C25H22F3N3O4S2. The summed E-state index contributed by atoms with van der Waals surface area (Å²) >= 11 is 1.01. The number of sulfonamides is 1. The van der Waals surface area contributed by atoms with Gasteiger partial charge in [-0.25, -0.2) is 8.42 Å². The highest BCUT2D eigenvalue weighted by Crippen LogP contribution is 2.33. The third-order valence-electron chi connectivity index (χ3n) is 5.63. The molecule has 0 saturated heterocycles. The molecule has 0 atom stereocenters. The fourth-order valence-corrected chi connectivity index (χ4v) is 6.17. The lowest BCUT2D eigenvalue weighted by Crippen LogP contribution is -2.38. The van der Waals surface area contributed by atoms with Crippen LogP contribution in [0.1, 0.15) is 18.1 Å². The molecule has 0 unspecified atom stereocenters. The molecule has 4 rings (SSSR count). The third kappa shape index (κ3) is 5.54. The van der Waals surface area contributed by atoms with Crippen molar-refractivity contribution >= 4 is 48.9 Å². The second-order valence-corrected chi connectivity index (χ2v) is 11.1. The van der Waals surface area contributed by atoms with Crippen molar-refractivity contribution in [3.05, 3.63) is 87.5 Å². The number of rotatable bonds is 7. The Balaban J connectivity index is 1.69. The lowest BCUT2D eigenvalue weighted by Gasteiger charge is -2.25. The van der Waals surface area contributed by atoms with E-state index in [0.717, 1.165) is 29.0 Å². The van der Waals surface area contributed by atoms with Crippen molar-refractivity contribution in [2.24, 2.45) is 0 Å². The van der Waals surface area contributed by atoms with Crippen LogP contribution < -0.4 is 14.5 Å². The molecule has 0 saturated carbocycles. The van der Waals surface area contributed by atoms with E-state index in [-0.39, 0.29) is 15.5 Å². The maximum Gasteiger partial charge on any atom is 0.416 e. The molecule has 1 heterocycles. The molecule has 0 radical (unpaired) electrons. The molecule has 0 aliphatic heterocycles. The lowest BCUT2D eigenvalue weighted by molar-refractivity contribution is -0.137. The number of halogens is 3. The maximum atomic E-state index is 13.5. The van der Waals surface area contributed by atoms with Crippen LogP contribution in [0.3, 0.4) is 0 Å². The van der Waals surface area contributed by atoms with Crippen LogP contribution in [0.2, 0.25) is 0 Å². The van der Waals surface area contributed by atoms with E-state index in [1.807, 2.05) is 6.92 Å². The van der Waals surface area contributed by atoms with Crippen LogP contribution in [0.5, 0.6) is 0 Å². The molecule has 1 N–H and O–H groups in total. The molecule has 4 aromatic rings. The van der Waals surface area contributed by atoms with E-state index in [9.17, 15) is 31.2 Å². The molecule has 37 heavy (non-hydrogen) atoms. The second kappa shape index (κ2) is 10.0. The molecular weight excluding hydrogens is 527 g/mol. The van der Waals surface area contributed by atoms with Crippen molar-refractivity contribution in [2.75, 3.05) is 16.2 Å². The Morgan fingerprint density at radius 2 is 1.76 bits per heavy atom. The first-order valence-electron chi connectivity index (χ1n) is 11.1. The number of benzene rings is 3. The minimum absolute atomic E-state index is 0.152. The van der Waals surface area contributed by atoms with E-state index in [2.05, 4.69) is 5.32 Å². The molecule has 3 aromatic carbocycles. The second-order valence-electron chi connectivity index (χ2n) is 8.22. The minimum Gasteiger partial charge on any atom is -0.324 e. The van der Waals surface area contributed by atoms with Crippen molar-refractivity contribution in [3.8, 4) is 0 Å². The first-order chi connectivity index (χ1) is 17.4. The van der Waals surface area contributed by atoms with Crippen molar-refractivity contribution in [3.63, 3.8) is 0 Å². The number of aromatic nitrogens is 1. The summed E-state index contributed by atoms with van der Waals surface area (Å²) in [6, 6.07) is 14.4. The van der Waals surface area contributed by atoms with Gasteiger partial charge in [0.25, 0.3) is 10.0 Å². The predicted molar refractivity (Wildman–Crippen MR) is 138 cm³/mol. The third-order valence-corrected chi connectivity index (χ3v) is 8.36. The van der Waals surface area contributed by atoms with E-state index in [1.54, 1.807) is 41.8 Å². The fraction of sp³-hybridized carbons (Fsp3) is 0.200. The van der Waals surface area contributed by atoms with Gasteiger partial charge in [-0.15, -0.1) is 0 Å². The molecule has 0 fully saturated rings. The summed E-state index contributed by atoms with van der Waals surface area (Å²) < 4.78 is 69.9. The van der Waals surface area contributed by atoms with Crippen LogP contribution in [-0.2, 0) is 27.5 Å². The van der Waals surface area contributed by atoms with Gasteiger partial charge in [0.1, 0.15) is 6.54 Å². The van der Waals surface area contributed by atoms with Gasteiger partial charge in [-0.3, -0.25) is 18.5 Å². The van der Waals surface area contributed by atoms with Gasteiger partial charge in [0.15, 0.2) is 0 Å². The Morgan fingerprint density at radius 1 is 1.05 bits per heavy atom. The summed E-state index contributed by atoms with van der Waals surface area (Å²) in [4.78, 5) is 24.8. The smallest absolute Gasteiger partial charge is 0.324 e. The zero-order chi connectivity index (χ0) is 27.0. The quantitative estimate of drug-likeness (QED) is 0.341. The van der Waals surface area contributed by atoms with Gasteiger partial charge in [0.2, 0.25) is 5.91 Å². The van der Waals surface area contributed by atoms with Crippen LogP contribution >= 0.6 is 11.3 Å². The van der Waals surface area contributed by atoms with Crippen molar-refractivity contribution < 1.29 is 26.4 Å². The van der Waals surface area contributed by atoms with Gasteiger partial charge in [0, 0.05) is 12.2 Å². The fourth-order valence-electron chi connectivity index (χ4n) is 3.76. The van der Waals surface area contributed by atoms with Crippen LogP contribution in [0.4, 0.5) is 24.5 Å². The molecule has 1 aromatic heterocycles. The molecule has 7 nitrogen and oxygen atoms in total. The Labute approximate surface area is 214 Å². The SMILES string of the molecule is CCn1c(=O)sc2cc(NC(=O)CN(c3cccc(C(F)(F)F)c3)S(=O)(=O)c3ccc(C)cc3)ccc21. The Hall–Kier alpha value is -3.64. The summed E-state index contributed by atoms with van der Waals surface area (Å²) in [5, 5.41) is 2.59. The standard InChI is InChI=1S/C25H22F3N3O4S2/c1-3-30-21-12-9-18(14-22(21)36-24(30)33)29-23(32)15-31(19-6-4-5-17(13-19)25(26,27)28)37(34,35)20-10-7-16(2)8-11-20/h4-14H,3,15H2,1-2H3,(H,29,32). The minimum atomic E-state index is -4.70. The molecule has 12 heteroatoms. The van der Waals surface area contributed by atoms with Crippen molar-refractivity contribution in [2.45, 2.75) is 31.5 Å². The number of anilines is 2. The Kier molecular flexibility index (Phi) is 7.16. The van der Waals surface area contributed by atoms with E-state index in [4.69, 9.17) is 0 Å². The predicted octanol–water partition coefficient (Wildman–Crippen LogP) is 5.24. The number of nitrogens with zero attached hydrogens (tertiary/aromatic N) is 2. The van der Waals surface area contributed by atoms with Gasteiger partial charge in [-0.2, -0.15) is 13.2 Å². The number of hydrogen-bond acceptors (Lipinski definition) is 5. The zero-order valence-electron chi connectivity index (χ0n) is 19.7. The number of nitrogens with one attached hydrogen (secondary N) is 1. The number of alkyl halides is 3. The van der Waals surface area contributed by atoms with E-state index in [0.29, 0.717) is 32.8 Å². The van der Waals surface area contributed by atoms with Gasteiger partial charge in [-0.05, 0) is 62.4 Å². The number of carbonyl (C=O) groups excluding carboxylic acids is 1. The molecule has 0 aliphatic carbocycles. The van der Waals surface area contributed by atoms with E-state index >= 15 is 0 Å². The number of carbonyl (C=O) groups is 1. The molecule has 0 spiro atoms. The molecule has 0 bridgehead atoms. The van der Waals surface area contributed by atoms with Crippen LogP contribution in [-0.4, -0.2) is 25.4 Å². The zero-order valence-corrected chi connectivity index (χ0v) is 21.4. The normalized spacial score (nSPS) is 12.0. The average Bonchev–Trinajstić information content (AvgIpc) is 3.16. The largest absolute Gasteiger partial charge is 0.416 e. The highest BCUT2D eigenvalue weighted by atomic mass is 32.2. The van der Waals surface area contributed by atoms with Crippen molar-refractivity contribution in [1.29, 1.82) is 0 Å². The monoisotopic (exact) mass is 549 g/mol. The topological polar surface area (TPSA) is 88.5 Å². The van der Waals surface area contributed by atoms with Gasteiger partial charge >= 0.3 is 11.0 Å². The van der Waals surface area contributed by atoms with Gasteiger partial charge < -0.3 is 5.32 Å². The van der Waals surface area contributed by atoms with Gasteiger partial charge in [-0.1, -0.05) is 35.1 Å². The van der Waals surface area contributed by atoms with Gasteiger partial charge in [0.05, 0.1) is 26.4 Å². The summed E-state index contributed by atoms with van der Waals surface area (Å²) in [6.07, 6.45) is -4.70. The summed E-state index contributed by atoms with van der Waals surface area (Å²) in [7, 11) is -4.40. The first kappa shape index (κ1) is 26.4. The lowest BCUT2D eigenvalue weighted by atomic mass is 10.2. The molecule has 1 amide bonds. The average molecular weight is 550 g/mol. The summed E-state index contributed by atoms with van der Waals surface area (Å²) in [5.74, 6) is -0.769. The van der Waals surface area contributed by atoms with Crippen molar-refractivity contribution in [1.82, 2.24) is 4.57 Å². The highest BCUT2D eigenvalue weighted by molar-refractivity contribution is 7.92. The van der Waals surface area contributed by atoms with Crippen LogP contribution in [0.25, 0.3) is 10.2 Å². The van der Waals surface area contributed by atoms with Crippen LogP contribution in [0.15, 0.2) is 76.4 Å². The number of thiazole rings is 1. The molecule has 0 aliphatic rings. The van der Waals surface area contributed by atoms with E-state index < -0.39 is 34.2 Å². The number of aryl methyl sites for hydroxylation is 2. The highest BCUT2D eigenvalue weighted by Gasteiger charge is 2.33. The Morgan fingerprint density at radius 3 is 2.41 bits per heavy atom. The number of amides is 1.